The maximum atomic E-state index is 12.5. The van der Waals surface area contributed by atoms with Crippen LogP contribution in [-0.4, -0.2) is 29.5 Å². The Morgan fingerprint density at radius 2 is 2.00 bits per heavy atom. The maximum absolute atomic E-state index is 12.5. The molecular weight excluding hydrogens is 244 g/mol. The summed E-state index contributed by atoms with van der Waals surface area (Å²) in [7, 11) is 0. The smallest absolute Gasteiger partial charge is 0.227 e. The van der Waals surface area contributed by atoms with Gasteiger partial charge in [0.2, 0.25) is 5.91 Å². The SMILES string of the molecule is CSC1CCCCC1NC(=O)C1(C)CCCC1N. The van der Waals surface area contributed by atoms with Gasteiger partial charge in [0.15, 0.2) is 0 Å². The Morgan fingerprint density at radius 3 is 2.61 bits per heavy atom. The van der Waals surface area contributed by atoms with E-state index in [4.69, 9.17) is 5.73 Å². The van der Waals surface area contributed by atoms with Gasteiger partial charge in [0.1, 0.15) is 0 Å². The molecule has 2 rings (SSSR count). The molecule has 0 bridgehead atoms. The molecule has 2 saturated carbocycles. The fraction of sp³-hybridized carbons (Fsp3) is 0.929. The van der Waals surface area contributed by atoms with Crippen LogP contribution in [0.1, 0.15) is 51.9 Å². The third-order valence-electron chi connectivity index (χ3n) is 4.87. The Bertz CT molecular complexity index is 310. The fourth-order valence-corrected chi connectivity index (χ4v) is 4.29. The summed E-state index contributed by atoms with van der Waals surface area (Å²) in [6.07, 6.45) is 10.1. The standard InChI is InChI=1S/C14H26N2OS/c1-14(9-5-8-12(14)15)13(17)16-10-6-3-4-7-11(10)18-2/h10-12H,3-9,15H2,1-2H3,(H,16,17). The highest BCUT2D eigenvalue weighted by atomic mass is 32.2. The van der Waals surface area contributed by atoms with Crippen LogP contribution in [0.4, 0.5) is 0 Å². The molecule has 18 heavy (non-hydrogen) atoms. The zero-order chi connectivity index (χ0) is 13.2. The molecule has 0 radical (unpaired) electrons. The van der Waals surface area contributed by atoms with Crippen LogP contribution in [0.5, 0.6) is 0 Å². The van der Waals surface area contributed by atoms with Gasteiger partial charge in [-0.05, 0) is 38.9 Å². The number of carbonyl (C=O) groups is 1. The zero-order valence-electron chi connectivity index (χ0n) is 11.6. The minimum absolute atomic E-state index is 0.0359. The lowest BCUT2D eigenvalue weighted by Crippen LogP contribution is -2.53. The van der Waals surface area contributed by atoms with E-state index < -0.39 is 0 Å². The van der Waals surface area contributed by atoms with Gasteiger partial charge in [0.25, 0.3) is 0 Å². The Morgan fingerprint density at radius 1 is 1.28 bits per heavy atom. The number of nitrogens with two attached hydrogens (primary N) is 1. The second kappa shape index (κ2) is 5.83. The molecule has 0 aromatic rings. The molecule has 4 heteroatoms. The van der Waals surface area contributed by atoms with E-state index in [-0.39, 0.29) is 17.4 Å². The highest BCUT2D eigenvalue weighted by Gasteiger charge is 2.44. The van der Waals surface area contributed by atoms with Crippen molar-refractivity contribution in [1.82, 2.24) is 5.32 Å². The Labute approximate surface area is 115 Å². The van der Waals surface area contributed by atoms with Crippen molar-refractivity contribution in [3.05, 3.63) is 0 Å². The van der Waals surface area contributed by atoms with Crippen molar-refractivity contribution in [3.63, 3.8) is 0 Å². The lowest BCUT2D eigenvalue weighted by Gasteiger charge is -2.35. The molecule has 0 heterocycles. The van der Waals surface area contributed by atoms with E-state index in [2.05, 4.69) is 11.6 Å². The van der Waals surface area contributed by atoms with E-state index in [1.54, 1.807) is 0 Å². The third kappa shape index (κ3) is 2.69. The minimum Gasteiger partial charge on any atom is -0.352 e. The normalized spacial score (nSPS) is 40.7. The first kappa shape index (κ1) is 14.2. The van der Waals surface area contributed by atoms with E-state index >= 15 is 0 Å². The summed E-state index contributed by atoms with van der Waals surface area (Å²) >= 11 is 1.89. The molecule has 0 aromatic heterocycles. The van der Waals surface area contributed by atoms with Crippen LogP contribution < -0.4 is 11.1 Å². The molecule has 104 valence electrons. The van der Waals surface area contributed by atoms with Crippen LogP contribution in [0, 0.1) is 5.41 Å². The van der Waals surface area contributed by atoms with Gasteiger partial charge < -0.3 is 11.1 Å². The number of amides is 1. The summed E-state index contributed by atoms with van der Waals surface area (Å²) in [4.78, 5) is 12.5. The first-order valence-electron chi connectivity index (χ1n) is 7.17. The number of carbonyl (C=O) groups excluding carboxylic acids is 1. The highest BCUT2D eigenvalue weighted by Crippen LogP contribution is 2.37. The average molecular weight is 270 g/mol. The first-order chi connectivity index (χ1) is 8.58. The molecule has 3 N–H and O–H groups in total. The van der Waals surface area contributed by atoms with Crippen molar-refractivity contribution in [2.24, 2.45) is 11.1 Å². The van der Waals surface area contributed by atoms with Crippen LogP contribution in [0.15, 0.2) is 0 Å². The predicted octanol–water partition coefficient (Wildman–Crippen LogP) is 2.29. The van der Waals surface area contributed by atoms with Crippen molar-refractivity contribution < 1.29 is 4.79 Å². The zero-order valence-corrected chi connectivity index (χ0v) is 12.4. The van der Waals surface area contributed by atoms with E-state index in [0.29, 0.717) is 11.3 Å². The summed E-state index contributed by atoms with van der Waals surface area (Å²) < 4.78 is 0. The average Bonchev–Trinajstić information content (AvgIpc) is 2.71. The minimum atomic E-state index is -0.333. The molecule has 1 amide bonds. The molecule has 2 fully saturated rings. The van der Waals surface area contributed by atoms with Gasteiger partial charge in [-0.1, -0.05) is 19.3 Å². The van der Waals surface area contributed by atoms with Gasteiger partial charge in [0, 0.05) is 17.3 Å². The summed E-state index contributed by atoms with van der Waals surface area (Å²) in [5, 5.41) is 3.88. The van der Waals surface area contributed by atoms with E-state index in [9.17, 15) is 4.79 Å². The van der Waals surface area contributed by atoms with Crippen molar-refractivity contribution in [2.75, 3.05) is 6.26 Å². The fourth-order valence-electron chi connectivity index (χ4n) is 3.35. The molecule has 2 aliphatic carbocycles. The number of hydrogen-bond acceptors (Lipinski definition) is 3. The molecule has 0 aromatic carbocycles. The van der Waals surface area contributed by atoms with Crippen LogP contribution in [0.2, 0.25) is 0 Å². The Kier molecular flexibility index (Phi) is 4.59. The first-order valence-corrected chi connectivity index (χ1v) is 8.46. The summed E-state index contributed by atoms with van der Waals surface area (Å²) in [6.45, 7) is 2.04. The van der Waals surface area contributed by atoms with Gasteiger partial charge in [0.05, 0.1) is 5.41 Å². The van der Waals surface area contributed by atoms with Gasteiger partial charge in [-0.15, -0.1) is 0 Å². The number of thioether (sulfide) groups is 1. The van der Waals surface area contributed by atoms with Crippen molar-refractivity contribution in [2.45, 2.75) is 69.2 Å². The quantitative estimate of drug-likeness (QED) is 0.827. The van der Waals surface area contributed by atoms with E-state index in [0.717, 1.165) is 25.7 Å². The van der Waals surface area contributed by atoms with Crippen LogP contribution in [0.25, 0.3) is 0 Å². The topological polar surface area (TPSA) is 55.1 Å². The van der Waals surface area contributed by atoms with Crippen molar-refractivity contribution in [1.29, 1.82) is 0 Å². The highest BCUT2D eigenvalue weighted by molar-refractivity contribution is 7.99. The lowest BCUT2D eigenvalue weighted by atomic mass is 9.83. The van der Waals surface area contributed by atoms with Crippen LogP contribution >= 0.6 is 11.8 Å². The molecule has 0 aliphatic heterocycles. The van der Waals surface area contributed by atoms with Gasteiger partial charge >= 0.3 is 0 Å². The van der Waals surface area contributed by atoms with E-state index in [1.165, 1.54) is 19.3 Å². The maximum Gasteiger partial charge on any atom is 0.227 e. The molecule has 0 saturated heterocycles. The summed E-state index contributed by atoms with van der Waals surface area (Å²) in [5.74, 6) is 0.193. The van der Waals surface area contributed by atoms with Crippen molar-refractivity contribution in [3.8, 4) is 0 Å². The Balaban J connectivity index is 1.97. The van der Waals surface area contributed by atoms with Gasteiger partial charge in [-0.3, -0.25) is 4.79 Å². The molecule has 4 atom stereocenters. The number of hydrogen-bond donors (Lipinski definition) is 2. The van der Waals surface area contributed by atoms with Crippen LogP contribution in [0.3, 0.4) is 0 Å². The summed E-state index contributed by atoms with van der Waals surface area (Å²) in [6, 6.07) is 0.389. The summed E-state index contributed by atoms with van der Waals surface area (Å²) in [5.41, 5.74) is 5.79. The molecule has 2 aliphatic rings. The second-order valence-corrected chi connectivity index (χ2v) is 7.13. The monoisotopic (exact) mass is 270 g/mol. The second-order valence-electron chi connectivity index (χ2n) is 6.05. The molecular formula is C14H26N2OS. The largest absolute Gasteiger partial charge is 0.352 e. The van der Waals surface area contributed by atoms with Gasteiger partial charge in [-0.2, -0.15) is 11.8 Å². The van der Waals surface area contributed by atoms with Crippen LogP contribution in [-0.2, 0) is 4.79 Å². The Hall–Kier alpha value is -0.220. The predicted molar refractivity (Wildman–Crippen MR) is 77.6 cm³/mol. The number of nitrogens with one attached hydrogen (secondary N) is 1. The lowest BCUT2D eigenvalue weighted by molar-refractivity contribution is -0.131. The van der Waals surface area contributed by atoms with Crippen molar-refractivity contribution >= 4 is 17.7 Å². The third-order valence-corrected chi connectivity index (χ3v) is 6.04. The molecule has 4 unspecified atom stereocenters. The van der Waals surface area contributed by atoms with Gasteiger partial charge in [-0.25, -0.2) is 0 Å². The number of rotatable bonds is 3. The van der Waals surface area contributed by atoms with E-state index in [1.807, 2.05) is 18.7 Å². The molecule has 0 spiro atoms. The molecule has 3 nitrogen and oxygen atoms in total.